The molecule has 0 heterocycles. The monoisotopic (exact) mass is 287 g/mol. The Labute approximate surface area is 114 Å². The smallest absolute Gasteiger partial charge is 0.242 e. The van der Waals surface area contributed by atoms with Crippen molar-refractivity contribution in [2.24, 2.45) is 0 Å². The number of nitrogens with zero attached hydrogens (tertiary/aromatic N) is 1. The van der Waals surface area contributed by atoms with Gasteiger partial charge in [0.05, 0.1) is 11.5 Å². The molecule has 19 heavy (non-hydrogen) atoms. The fraction of sp³-hybridized carbons (Fsp3) is 0.538. The molecule has 0 saturated carbocycles. The molecule has 0 fully saturated rings. The summed E-state index contributed by atoms with van der Waals surface area (Å²) in [6.07, 6.45) is 1.33. The van der Waals surface area contributed by atoms with Gasteiger partial charge in [-0.25, -0.2) is 12.7 Å². The molecule has 0 saturated heterocycles. The maximum atomic E-state index is 12.1. The molecule has 0 amide bonds. The Hall–Kier alpha value is -1.11. The minimum atomic E-state index is -3.41. The van der Waals surface area contributed by atoms with Crippen molar-refractivity contribution in [2.45, 2.75) is 24.7 Å². The number of hydrogen-bond donors (Lipinski definition) is 1. The third kappa shape index (κ3) is 4.49. The van der Waals surface area contributed by atoms with Gasteiger partial charge in [0.1, 0.15) is 5.75 Å². The van der Waals surface area contributed by atoms with Crippen LogP contribution in [0.15, 0.2) is 29.2 Å². The third-order valence-corrected chi connectivity index (χ3v) is 4.51. The lowest BCUT2D eigenvalue weighted by Crippen LogP contribution is -2.27. The highest BCUT2D eigenvalue weighted by molar-refractivity contribution is 7.89. The molecule has 0 bridgehead atoms. The van der Waals surface area contributed by atoms with E-state index in [1.807, 2.05) is 6.92 Å². The summed E-state index contributed by atoms with van der Waals surface area (Å²) in [5.41, 5.74) is 0. The average Bonchev–Trinajstić information content (AvgIpc) is 2.40. The van der Waals surface area contributed by atoms with Crippen LogP contribution in [-0.4, -0.2) is 44.6 Å². The van der Waals surface area contributed by atoms with Crippen LogP contribution in [0.1, 0.15) is 19.8 Å². The van der Waals surface area contributed by atoms with E-state index in [2.05, 4.69) is 0 Å². The summed E-state index contributed by atoms with van der Waals surface area (Å²) in [6.45, 7) is 2.92. The summed E-state index contributed by atoms with van der Waals surface area (Å²) in [5.74, 6) is 0.602. The standard InChI is InChI=1S/C13H21NO4S/c1-3-9-14(2)19(16,17)13-7-5-12(6-8-13)18-11-4-10-15/h5-8,15H,3-4,9-11H2,1-2H3. The summed E-state index contributed by atoms with van der Waals surface area (Å²) in [7, 11) is -1.83. The molecule has 1 rings (SSSR count). The van der Waals surface area contributed by atoms with E-state index in [0.29, 0.717) is 25.3 Å². The van der Waals surface area contributed by atoms with Crippen molar-refractivity contribution >= 4 is 10.0 Å². The Bertz CT molecular complexity index is 470. The van der Waals surface area contributed by atoms with Crippen LogP contribution < -0.4 is 4.74 Å². The minimum absolute atomic E-state index is 0.0777. The molecule has 6 heteroatoms. The predicted molar refractivity (Wildman–Crippen MR) is 73.7 cm³/mol. The summed E-state index contributed by atoms with van der Waals surface area (Å²) in [4.78, 5) is 0.262. The molecule has 108 valence electrons. The zero-order valence-corrected chi connectivity index (χ0v) is 12.2. The second-order valence-electron chi connectivity index (χ2n) is 4.22. The van der Waals surface area contributed by atoms with Gasteiger partial charge in [0.15, 0.2) is 0 Å². The highest BCUT2D eigenvalue weighted by Crippen LogP contribution is 2.19. The zero-order valence-electron chi connectivity index (χ0n) is 11.4. The number of benzene rings is 1. The molecule has 1 N–H and O–H groups in total. The normalized spacial score (nSPS) is 11.8. The van der Waals surface area contributed by atoms with Crippen molar-refractivity contribution < 1.29 is 18.3 Å². The Morgan fingerprint density at radius 3 is 2.42 bits per heavy atom. The lowest BCUT2D eigenvalue weighted by atomic mass is 10.3. The van der Waals surface area contributed by atoms with Crippen molar-refractivity contribution in [3.8, 4) is 5.75 Å². The van der Waals surface area contributed by atoms with Crippen LogP contribution in [0, 0.1) is 0 Å². The Kier molecular flexibility index (Phi) is 6.27. The lowest BCUT2D eigenvalue weighted by Gasteiger charge is -2.16. The lowest BCUT2D eigenvalue weighted by molar-refractivity contribution is 0.233. The summed E-state index contributed by atoms with van der Waals surface area (Å²) in [5, 5.41) is 8.64. The Morgan fingerprint density at radius 1 is 1.26 bits per heavy atom. The van der Waals surface area contributed by atoms with Gasteiger partial charge >= 0.3 is 0 Å². The average molecular weight is 287 g/mol. The first kappa shape index (κ1) is 15.9. The zero-order chi connectivity index (χ0) is 14.3. The Morgan fingerprint density at radius 2 is 1.89 bits per heavy atom. The van der Waals surface area contributed by atoms with Crippen LogP contribution >= 0.6 is 0 Å². The molecular formula is C13H21NO4S. The molecular weight excluding hydrogens is 266 g/mol. The van der Waals surface area contributed by atoms with E-state index in [4.69, 9.17) is 9.84 Å². The van der Waals surface area contributed by atoms with E-state index in [9.17, 15) is 8.42 Å². The van der Waals surface area contributed by atoms with Crippen molar-refractivity contribution in [3.63, 3.8) is 0 Å². The minimum Gasteiger partial charge on any atom is -0.494 e. The summed E-state index contributed by atoms with van der Waals surface area (Å²) >= 11 is 0. The van der Waals surface area contributed by atoms with Gasteiger partial charge in [0, 0.05) is 26.6 Å². The molecule has 1 aromatic carbocycles. The van der Waals surface area contributed by atoms with E-state index < -0.39 is 10.0 Å². The highest BCUT2D eigenvalue weighted by atomic mass is 32.2. The maximum absolute atomic E-state index is 12.1. The van der Waals surface area contributed by atoms with E-state index in [-0.39, 0.29) is 11.5 Å². The Balaban J connectivity index is 2.75. The first-order chi connectivity index (χ1) is 9.02. The van der Waals surface area contributed by atoms with Crippen LogP contribution in [0.2, 0.25) is 0 Å². The number of aliphatic hydroxyl groups excluding tert-OH is 1. The maximum Gasteiger partial charge on any atom is 0.242 e. The van der Waals surface area contributed by atoms with E-state index >= 15 is 0 Å². The number of rotatable bonds is 8. The third-order valence-electron chi connectivity index (χ3n) is 2.64. The molecule has 0 aliphatic rings. The molecule has 5 nitrogen and oxygen atoms in total. The summed E-state index contributed by atoms with van der Waals surface area (Å²) < 4.78 is 31.0. The predicted octanol–water partition coefficient (Wildman–Crippen LogP) is 1.48. The van der Waals surface area contributed by atoms with Crippen LogP contribution in [0.3, 0.4) is 0 Å². The number of sulfonamides is 1. The highest BCUT2D eigenvalue weighted by Gasteiger charge is 2.19. The van der Waals surface area contributed by atoms with Gasteiger partial charge in [0.25, 0.3) is 0 Å². The second-order valence-corrected chi connectivity index (χ2v) is 6.27. The van der Waals surface area contributed by atoms with Gasteiger partial charge in [-0.15, -0.1) is 0 Å². The van der Waals surface area contributed by atoms with Gasteiger partial charge < -0.3 is 9.84 Å². The fourth-order valence-electron chi connectivity index (χ4n) is 1.58. The molecule has 0 radical (unpaired) electrons. The first-order valence-electron chi connectivity index (χ1n) is 6.32. The van der Waals surface area contributed by atoms with Gasteiger partial charge in [-0.2, -0.15) is 0 Å². The topological polar surface area (TPSA) is 66.8 Å². The van der Waals surface area contributed by atoms with E-state index in [1.165, 1.54) is 16.4 Å². The van der Waals surface area contributed by atoms with E-state index in [0.717, 1.165) is 6.42 Å². The van der Waals surface area contributed by atoms with Crippen LogP contribution in [0.5, 0.6) is 5.75 Å². The molecule has 0 spiro atoms. The second kappa shape index (κ2) is 7.47. The summed E-state index contributed by atoms with van der Waals surface area (Å²) in [6, 6.07) is 6.33. The number of hydrogen-bond acceptors (Lipinski definition) is 4. The molecule has 1 aromatic rings. The van der Waals surface area contributed by atoms with Crippen molar-refractivity contribution in [2.75, 3.05) is 26.8 Å². The molecule has 0 aromatic heterocycles. The molecule has 0 aliphatic carbocycles. The van der Waals surface area contributed by atoms with Crippen LogP contribution in [0.25, 0.3) is 0 Å². The van der Waals surface area contributed by atoms with Crippen molar-refractivity contribution in [1.82, 2.24) is 4.31 Å². The quantitative estimate of drug-likeness (QED) is 0.735. The van der Waals surface area contributed by atoms with Crippen LogP contribution in [0.4, 0.5) is 0 Å². The van der Waals surface area contributed by atoms with Gasteiger partial charge in [0.2, 0.25) is 10.0 Å². The van der Waals surface area contributed by atoms with Crippen molar-refractivity contribution in [1.29, 1.82) is 0 Å². The fourth-order valence-corrected chi connectivity index (χ4v) is 2.84. The first-order valence-corrected chi connectivity index (χ1v) is 7.76. The number of aliphatic hydroxyl groups is 1. The SMILES string of the molecule is CCCN(C)S(=O)(=O)c1ccc(OCCCO)cc1. The molecule has 0 atom stereocenters. The van der Waals surface area contributed by atoms with Crippen LogP contribution in [-0.2, 0) is 10.0 Å². The van der Waals surface area contributed by atoms with Gasteiger partial charge in [-0.1, -0.05) is 6.92 Å². The number of ether oxygens (including phenoxy) is 1. The van der Waals surface area contributed by atoms with E-state index in [1.54, 1.807) is 19.2 Å². The van der Waals surface area contributed by atoms with Gasteiger partial charge in [-0.05, 0) is 30.7 Å². The van der Waals surface area contributed by atoms with Gasteiger partial charge in [-0.3, -0.25) is 0 Å². The molecule has 0 unspecified atom stereocenters. The largest absolute Gasteiger partial charge is 0.494 e. The van der Waals surface area contributed by atoms with Crippen molar-refractivity contribution in [3.05, 3.63) is 24.3 Å². The molecule has 0 aliphatic heterocycles.